The zero-order valence-corrected chi connectivity index (χ0v) is 11.1. The molecule has 18 heavy (non-hydrogen) atoms. The van der Waals surface area contributed by atoms with E-state index in [0.717, 1.165) is 43.6 Å². The van der Waals surface area contributed by atoms with Crippen LogP contribution in [-0.2, 0) is 0 Å². The highest BCUT2D eigenvalue weighted by Crippen LogP contribution is 2.21. The number of carbonyl (C=O) groups is 1. The lowest BCUT2D eigenvalue weighted by Crippen LogP contribution is -2.40. The third-order valence-corrected chi connectivity index (χ3v) is 3.76. The van der Waals surface area contributed by atoms with Crippen molar-refractivity contribution >= 4 is 5.91 Å². The van der Waals surface area contributed by atoms with E-state index in [9.17, 15) is 4.79 Å². The number of rotatable bonds is 3. The van der Waals surface area contributed by atoms with Gasteiger partial charge in [-0.25, -0.2) is 0 Å². The summed E-state index contributed by atoms with van der Waals surface area (Å²) < 4.78 is 0. The molecule has 1 unspecified atom stereocenters. The highest BCUT2D eigenvalue weighted by molar-refractivity contribution is 5.95. The second-order valence-corrected chi connectivity index (χ2v) is 5.15. The number of carbonyl (C=O) groups excluding carboxylic acids is 1. The van der Waals surface area contributed by atoms with Gasteiger partial charge in [0.15, 0.2) is 0 Å². The summed E-state index contributed by atoms with van der Waals surface area (Å²) in [6, 6.07) is 7.82. The fourth-order valence-electron chi connectivity index (χ4n) is 2.70. The third-order valence-electron chi connectivity index (χ3n) is 3.76. The van der Waals surface area contributed by atoms with Gasteiger partial charge in [-0.1, -0.05) is 18.2 Å². The molecule has 98 valence electrons. The van der Waals surface area contributed by atoms with Crippen molar-refractivity contribution in [3.63, 3.8) is 0 Å². The summed E-state index contributed by atoms with van der Waals surface area (Å²) in [5, 5.41) is 0. The van der Waals surface area contributed by atoms with E-state index in [0.29, 0.717) is 5.92 Å². The van der Waals surface area contributed by atoms with E-state index < -0.39 is 0 Å². The lowest BCUT2D eigenvalue weighted by Gasteiger charge is -2.33. The van der Waals surface area contributed by atoms with Crippen LogP contribution in [0.25, 0.3) is 0 Å². The molecule has 1 amide bonds. The molecule has 0 saturated carbocycles. The Morgan fingerprint density at radius 2 is 2.22 bits per heavy atom. The molecule has 1 aromatic carbocycles. The van der Waals surface area contributed by atoms with Crippen LogP contribution in [0.2, 0.25) is 0 Å². The van der Waals surface area contributed by atoms with Crippen molar-refractivity contribution in [1.82, 2.24) is 4.90 Å². The monoisotopic (exact) mass is 246 g/mol. The molecule has 0 spiro atoms. The zero-order valence-electron chi connectivity index (χ0n) is 11.1. The smallest absolute Gasteiger partial charge is 0.254 e. The summed E-state index contributed by atoms with van der Waals surface area (Å²) in [7, 11) is 0. The summed E-state index contributed by atoms with van der Waals surface area (Å²) in [4.78, 5) is 14.5. The average molecular weight is 246 g/mol. The van der Waals surface area contributed by atoms with E-state index in [1.807, 2.05) is 36.1 Å². The molecule has 1 aliphatic rings. The van der Waals surface area contributed by atoms with E-state index >= 15 is 0 Å². The Labute approximate surface area is 109 Å². The number of amides is 1. The minimum Gasteiger partial charge on any atom is -0.338 e. The van der Waals surface area contributed by atoms with Crippen LogP contribution in [0.1, 0.15) is 35.2 Å². The highest BCUT2D eigenvalue weighted by Gasteiger charge is 2.24. The molecule has 3 heteroatoms. The largest absolute Gasteiger partial charge is 0.338 e. The van der Waals surface area contributed by atoms with Gasteiger partial charge in [-0.15, -0.1) is 0 Å². The Hall–Kier alpha value is -1.35. The van der Waals surface area contributed by atoms with E-state index in [-0.39, 0.29) is 5.91 Å². The van der Waals surface area contributed by atoms with Gasteiger partial charge in [-0.2, -0.15) is 0 Å². The molecule has 1 atom stereocenters. The van der Waals surface area contributed by atoms with Gasteiger partial charge < -0.3 is 10.6 Å². The summed E-state index contributed by atoms with van der Waals surface area (Å²) in [5.41, 5.74) is 7.51. The first-order valence-electron chi connectivity index (χ1n) is 6.77. The van der Waals surface area contributed by atoms with Crippen LogP contribution in [0.3, 0.4) is 0 Å². The number of aryl methyl sites for hydroxylation is 1. The van der Waals surface area contributed by atoms with Crippen molar-refractivity contribution in [2.24, 2.45) is 11.7 Å². The average Bonchev–Trinajstić information content (AvgIpc) is 2.39. The second-order valence-electron chi connectivity index (χ2n) is 5.15. The molecule has 1 heterocycles. The van der Waals surface area contributed by atoms with Crippen LogP contribution in [0, 0.1) is 12.8 Å². The van der Waals surface area contributed by atoms with Crippen LogP contribution < -0.4 is 5.73 Å². The van der Waals surface area contributed by atoms with Crippen molar-refractivity contribution in [1.29, 1.82) is 0 Å². The Morgan fingerprint density at radius 1 is 1.44 bits per heavy atom. The molecule has 0 aliphatic carbocycles. The number of nitrogens with zero attached hydrogens (tertiary/aromatic N) is 1. The van der Waals surface area contributed by atoms with Gasteiger partial charge in [-0.3, -0.25) is 4.79 Å². The third kappa shape index (κ3) is 2.91. The van der Waals surface area contributed by atoms with Crippen molar-refractivity contribution in [3.05, 3.63) is 35.4 Å². The predicted octanol–water partition coefficient (Wildman–Crippen LogP) is 2.20. The molecule has 0 bridgehead atoms. The molecule has 1 aromatic rings. The van der Waals surface area contributed by atoms with Crippen LogP contribution in [0.15, 0.2) is 24.3 Å². The van der Waals surface area contributed by atoms with Crippen molar-refractivity contribution in [2.45, 2.75) is 26.2 Å². The van der Waals surface area contributed by atoms with Gasteiger partial charge in [0, 0.05) is 18.7 Å². The zero-order chi connectivity index (χ0) is 13.0. The fraction of sp³-hybridized carbons (Fsp3) is 0.533. The molecule has 1 aliphatic heterocycles. The topological polar surface area (TPSA) is 46.3 Å². The van der Waals surface area contributed by atoms with E-state index in [4.69, 9.17) is 5.73 Å². The summed E-state index contributed by atoms with van der Waals surface area (Å²) >= 11 is 0. The molecule has 0 radical (unpaired) electrons. The fourth-order valence-corrected chi connectivity index (χ4v) is 2.70. The predicted molar refractivity (Wildman–Crippen MR) is 73.5 cm³/mol. The number of hydrogen-bond donors (Lipinski definition) is 1. The van der Waals surface area contributed by atoms with E-state index in [1.165, 1.54) is 6.42 Å². The van der Waals surface area contributed by atoms with Gasteiger partial charge in [-0.05, 0) is 50.3 Å². The maximum absolute atomic E-state index is 12.5. The molecule has 0 aromatic heterocycles. The first-order valence-corrected chi connectivity index (χ1v) is 6.77. The molecule has 3 nitrogen and oxygen atoms in total. The minimum atomic E-state index is 0.176. The Balaban J connectivity index is 2.07. The summed E-state index contributed by atoms with van der Waals surface area (Å²) in [6.45, 7) is 4.46. The van der Waals surface area contributed by atoms with Gasteiger partial charge in [0.05, 0.1) is 0 Å². The Kier molecular flexibility index (Phi) is 4.37. The maximum Gasteiger partial charge on any atom is 0.254 e. The van der Waals surface area contributed by atoms with Crippen LogP contribution >= 0.6 is 0 Å². The summed E-state index contributed by atoms with van der Waals surface area (Å²) in [5.74, 6) is 0.756. The normalized spacial score (nSPS) is 19.9. The van der Waals surface area contributed by atoms with Crippen LogP contribution in [-0.4, -0.2) is 30.4 Å². The van der Waals surface area contributed by atoms with Gasteiger partial charge >= 0.3 is 0 Å². The van der Waals surface area contributed by atoms with Crippen LogP contribution in [0.4, 0.5) is 0 Å². The van der Waals surface area contributed by atoms with E-state index in [2.05, 4.69) is 0 Å². The highest BCUT2D eigenvalue weighted by atomic mass is 16.2. The second kappa shape index (κ2) is 6.01. The Bertz CT molecular complexity index is 415. The maximum atomic E-state index is 12.5. The molecule has 1 saturated heterocycles. The molecule has 2 rings (SSSR count). The molecule has 2 N–H and O–H groups in total. The van der Waals surface area contributed by atoms with Gasteiger partial charge in [0.2, 0.25) is 0 Å². The van der Waals surface area contributed by atoms with Gasteiger partial charge in [0.1, 0.15) is 0 Å². The van der Waals surface area contributed by atoms with Crippen molar-refractivity contribution < 1.29 is 4.79 Å². The number of likely N-dealkylation sites (tertiary alicyclic amines) is 1. The van der Waals surface area contributed by atoms with Gasteiger partial charge in [0.25, 0.3) is 5.91 Å². The van der Waals surface area contributed by atoms with Crippen LogP contribution in [0.5, 0.6) is 0 Å². The summed E-state index contributed by atoms with van der Waals surface area (Å²) in [6.07, 6.45) is 3.33. The quantitative estimate of drug-likeness (QED) is 0.888. The lowest BCUT2D eigenvalue weighted by molar-refractivity contribution is 0.0669. The minimum absolute atomic E-state index is 0.176. The van der Waals surface area contributed by atoms with E-state index in [1.54, 1.807) is 0 Å². The molecular weight excluding hydrogens is 224 g/mol. The first-order chi connectivity index (χ1) is 8.72. The number of piperidine rings is 1. The SMILES string of the molecule is Cc1ccccc1C(=O)N1CCCC(CCN)C1. The van der Waals surface area contributed by atoms with Crippen molar-refractivity contribution in [2.75, 3.05) is 19.6 Å². The Morgan fingerprint density at radius 3 is 2.94 bits per heavy atom. The number of hydrogen-bond acceptors (Lipinski definition) is 2. The number of nitrogens with two attached hydrogens (primary N) is 1. The standard InChI is InChI=1S/C15H22N2O/c1-12-5-2-3-7-14(12)15(18)17-10-4-6-13(11-17)8-9-16/h2-3,5,7,13H,4,6,8-11,16H2,1H3. The van der Waals surface area contributed by atoms with Crippen molar-refractivity contribution in [3.8, 4) is 0 Å². The lowest BCUT2D eigenvalue weighted by atomic mass is 9.94. The number of benzene rings is 1. The molecular formula is C15H22N2O. The molecule has 1 fully saturated rings. The first kappa shape index (κ1) is 13.1.